The molecule has 2 aliphatic rings. The molecular formula is C28H29Cl2IN6O4. The molecule has 41 heavy (non-hydrogen) atoms. The summed E-state index contributed by atoms with van der Waals surface area (Å²) in [7, 11) is 0. The molecule has 10 nitrogen and oxygen atoms in total. The van der Waals surface area contributed by atoms with Gasteiger partial charge in [0.05, 0.1) is 28.5 Å². The lowest BCUT2D eigenvalue weighted by atomic mass is 9.95. The quantitative estimate of drug-likeness (QED) is 0.225. The number of nitrogens with one attached hydrogen (secondary N) is 1. The second kappa shape index (κ2) is 13.7. The van der Waals surface area contributed by atoms with E-state index in [-0.39, 0.29) is 34.6 Å². The van der Waals surface area contributed by atoms with Gasteiger partial charge in [-0.3, -0.25) is 9.59 Å². The molecule has 1 atom stereocenters. The molecule has 2 aliphatic heterocycles. The van der Waals surface area contributed by atoms with Gasteiger partial charge in [-0.1, -0.05) is 41.9 Å². The second-order valence-electron chi connectivity index (χ2n) is 9.58. The van der Waals surface area contributed by atoms with Crippen LogP contribution in [0.1, 0.15) is 50.2 Å². The average Bonchev–Trinajstić information content (AvgIpc) is 3.48. The highest BCUT2D eigenvalue weighted by Crippen LogP contribution is 2.35. The van der Waals surface area contributed by atoms with Gasteiger partial charge in [-0.2, -0.15) is 0 Å². The van der Waals surface area contributed by atoms with Gasteiger partial charge in [0.15, 0.2) is 0 Å². The van der Waals surface area contributed by atoms with E-state index in [1.54, 1.807) is 23.1 Å². The third kappa shape index (κ3) is 7.02. The predicted molar refractivity (Wildman–Crippen MR) is 169 cm³/mol. The number of carbonyl (C=O) groups excluding carboxylic acids is 2. The van der Waals surface area contributed by atoms with E-state index in [2.05, 4.69) is 44.5 Å². The SMILES string of the molecule is C=Cc1ccc(C(=O)N2CCc3c(cc(Cl)c(C(=O)N[C@@H](CN=C(N=CN)N4CCCC4)C(=O)O)c3Cl)C2)cc1I. The zero-order chi connectivity index (χ0) is 29.7. The molecule has 0 aromatic heterocycles. The van der Waals surface area contributed by atoms with E-state index >= 15 is 0 Å². The van der Waals surface area contributed by atoms with Gasteiger partial charge in [0.25, 0.3) is 11.8 Å². The van der Waals surface area contributed by atoms with E-state index in [1.165, 1.54) is 0 Å². The molecule has 4 N–H and O–H groups in total. The summed E-state index contributed by atoms with van der Waals surface area (Å²) in [5.74, 6) is -1.81. The number of nitrogens with zero attached hydrogens (tertiary/aromatic N) is 4. The summed E-state index contributed by atoms with van der Waals surface area (Å²) in [4.78, 5) is 50.4. The van der Waals surface area contributed by atoms with Crippen molar-refractivity contribution < 1.29 is 19.5 Å². The predicted octanol–water partition coefficient (Wildman–Crippen LogP) is 4.06. The van der Waals surface area contributed by atoms with Crippen LogP contribution < -0.4 is 11.1 Å². The lowest BCUT2D eigenvalue weighted by Gasteiger charge is -2.30. The Morgan fingerprint density at radius 2 is 1.90 bits per heavy atom. The molecule has 1 saturated heterocycles. The second-order valence-corrected chi connectivity index (χ2v) is 11.5. The Kier molecular flexibility index (Phi) is 10.3. The third-order valence-corrected chi connectivity index (χ3v) is 8.63. The number of hydrogen-bond acceptors (Lipinski definition) is 4. The topological polar surface area (TPSA) is 141 Å². The summed E-state index contributed by atoms with van der Waals surface area (Å²) in [6, 6.07) is 5.70. The van der Waals surface area contributed by atoms with Crippen molar-refractivity contribution in [3.63, 3.8) is 0 Å². The first-order chi connectivity index (χ1) is 19.6. The Labute approximate surface area is 261 Å². The maximum absolute atomic E-state index is 13.2. The van der Waals surface area contributed by atoms with Crippen molar-refractivity contribution in [2.45, 2.75) is 31.8 Å². The Balaban J connectivity index is 1.51. The van der Waals surface area contributed by atoms with E-state index in [4.69, 9.17) is 28.9 Å². The van der Waals surface area contributed by atoms with Gasteiger partial charge >= 0.3 is 5.97 Å². The summed E-state index contributed by atoms with van der Waals surface area (Å²) < 4.78 is 0.923. The number of benzene rings is 2. The smallest absolute Gasteiger partial charge is 0.328 e. The van der Waals surface area contributed by atoms with Crippen LogP contribution in [0.4, 0.5) is 0 Å². The summed E-state index contributed by atoms with van der Waals surface area (Å²) in [5, 5.41) is 12.4. The number of carbonyl (C=O) groups is 3. The minimum absolute atomic E-state index is 0.0172. The van der Waals surface area contributed by atoms with Gasteiger partial charge in [-0.15, -0.1) is 0 Å². The number of hydrogen-bond donors (Lipinski definition) is 3. The zero-order valence-corrected chi connectivity index (χ0v) is 25.7. The molecule has 216 valence electrons. The minimum Gasteiger partial charge on any atom is -0.480 e. The Morgan fingerprint density at radius 3 is 2.54 bits per heavy atom. The van der Waals surface area contributed by atoms with E-state index in [0.717, 1.165) is 47.0 Å². The van der Waals surface area contributed by atoms with Gasteiger partial charge in [-0.25, -0.2) is 14.8 Å². The Morgan fingerprint density at radius 1 is 1.17 bits per heavy atom. The number of amides is 2. The monoisotopic (exact) mass is 710 g/mol. The van der Waals surface area contributed by atoms with Crippen LogP contribution >= 0.6 is 45.8 Å². The van der Waals surface area contributed by atoms with Crippen molar-refractivity contribution in [3.05, 3.63) is 72.3 Å². The summed E-state index contributed by atoms with van der Waals surface area (Å²) >= 11 is 15.3. The van der Waals surface area contributed by atoms with Gasteiger partial charge in [0.2, 0.25) is 5.96 Å². The van der Waals surface area contributed by atoms with Crippen molar-refractivity contribution in [2.75, 3.05) is 26.2 Å². The summed E-state index contributed by atoms with van der Waals surface area (Å²) in [6.45, 7) is 5.66. The van der Waals surface area contributed by atoms with Crippen molar-refractivity contribution in [2.24, 2.45) is 15.7 Å². The standard InChI is InChI=1S/C28H29Cl2IN6O4/c1-2-16-5-6-17(12-21(16)31)26(39)37-10-7-19-18(14-37)11-20(29)23(24(19)30)25(38)35-22(27(40)41)13-33-28(34-15-32)36-8-3-4-9-36/h2,5-6,11-12,15,22H,1,3-4,7-10,13-14H2,(H,35,38)(H,40,41)(H2,32,33,34)/t22-/m0/s1. The van der Waals surface area contributed by atoms with Crippen LogP contribution in [-0.2, 0) is 17.8 Å². The van der Waals surface area contributed by atoms with E-state index < -0.39 is 17.9 Å². The van der Waals surface area contributed by atoms with Gasteiger partial charge in [-0.05, 0) is 76.7 Å². The molecule has 0 unspecified atom stereocenters. The largest absolute Gasteiger partial charge is 0.480 e. The van der Waals surface area contributed by atoms with Gasteiger partial charge < -0.3 is 26.0 Å². The molecular weight excluding hydrogens is 682 g/mol. The first-order valence-electron chi connectivity index (χ1n) is 12.9. The molecule has 0 radical (unpaired) electrons. The third-order valence-electron chi connectivity index (χ3n) is 6.98. The summed E-state index contributed by atoms with van der Waals surface area (Å²) in [5.41, 5.74) is 8.35. The molecule has 2 heterocycles. The van der Waals surface area contributed by atoms with Gasteiger partial charge in [0, 0.05) is 35.3 Å². The fourth-order valence-corrected chi connectivity index (χ4v) is 6.34. The molecule has 1 fully saturated rings. The van der Waals surface area contributed by atoms with E-state index in [0.29, 0.717) is 30.1 Å². The number of guanidine groups is 1. The zero-order valence-electron chi connectivity index (χ0n) is 22.1. The number of nitrogens with two attached hydrogens (primary N) is 1. The maximum Gasteiger partial charge on any atom is 0.328 e. The molecule has 13 heteroatoms. The number of aliphatic carboxylic acids is 1. The van der Waals surface area contributed by atoms with Crippen LogP contribution in [0.2, 0.25) is 10.0 Å². The lowest BCUT2D eigenvalue weighted by molar-refractivity contribution is -0.138. The highest BCUT2D eigenvalue weighted by Gasteiger charge is 2.30. The van der Waals surface area contributed by atoms with Crippen LogP contribution in [0.5, 0.6) is 0 Å². The molecule has 4 rings (SSSR count). The highest BCUT2D eigenvalue weighted by atomic mass is 127. The molecule has 0 bridgehead atoms. The van der Waals surface area contributed by atoms with Crippen LogP contribution in [0.15, 0.2) is 40.8 Å². The number of halogens is 3. The number of aliphatic imine (C=N–C) groups is 2. The number of rotatable bonds is 7. The minimum atomic E-state index is -1.35. The number of carboxylic acids is 1. The van der Waals surface area contributed by atoms with Crippen LogP contribution in [-0.4, -0.2) is 77.2 Å². The van der Waals surface area contributed by atoms with Crippen LogP contribution in [0.25, 0.3) is 6.08 Å². The number of likely N-dealkylation sites (tertiary alicyclic amines) is 1. The van der Waals surface area contributed by atoms with E-state index in [9.17, 15) is 19.5 Å². The fourth-order valence-electron chi connectivity index (χ4n) is 4.84. The molecule has 2 amide bonds. The Bertz CT molecular complexity index is 1440. The average molecular weight is 711 g/mol. The molecule has 0 aliphatic carbocycles. The normalized spacial score (nSPS) is 16.0. The summed E-state index contributed by atoms with van der Waals surface area (Å²) in [6.07, 6.45) is 5.19. The first-order valence-corrected chi connectivity index (χ1v) is 14.8. The highest BCUT2D eigenvalue weighted by molar-refractivity contribution is 14.1. The molecule has 0 saturated carbocycles. The molecule has 2 aromatic rings. The van der Waals surface area contributed by atoms with Crippen molar-refractivity contribution in [1.82, 2.24) is 15.1 Å². The molecule has 2 aromatic carbocycles. The van der Waals surface area contributed by atoms with Crippen molar-refractivity contribution >= 4 is 82.0 Å². The van der Waals surface area contributed by atoms with Crippen molar-refractivity contribution in [1.29, 1.82) is 0 Å². The first kappa shape index (κ1) is 30.8. The maximum atomic E-state index is 13.2. The molecule has 0 spiro atoms. The van der Waals surface area contributed by atoms with Gasteiger partial charge in [0.1, 0.15) is 6.04 Å². The lowest BCUT2D eigenvalue weighted by Crippen LogP contribution is -2.44. The van der Waals surface area contributed by atoms with Crippen LogP contribution in [0, 0.1) is 3.57 Å². The fraction of sp³-hybridized carbons (Fsp3) is 0.321. The number of fused-ring (bicyclic) bond motifs is 1. The Hall–Kier alpha value is -3.16. The van der Waals surface area contributed by atoms with E-state index in [1.807, 2.05) is 17.0 Å². The number of carboxylic acid groups (broad SMARTS) is 1. The van der Waals surface area contributed by atoms with Crippen molar-refractivity contribution in [3.8, 4) is 0 Å². The van der Waals surface area contributed by atoms with Crippen LogP contribution in [0.3, 0.4) is 0 Å².